The molecule has 0 unspecified atom stereocenters. The standard InChI is InChI=1S/C45H27N3OS/c1-2-11-29(12-3-1)32-13-4-5-16-36(32)44-46-43(47-45(48-44)37-18-10-17-35-34-15-7-9-20-41(34)50-42(35)37)30-23-21-28(22-24-30)31-25-26-40-38(27-31)33-14-6-8-19-39(33)49-40/h1-27H/i1D,2D,3D,4D,5D,6D,7D,8D,9D,10D,11D,13D,14D,15D,16D,17D,18D,19D,20D,21D,22D,23D,24D,25D,26D,27D. The van der Waals surface area contributed by atoms with E-state index in [-0.39, 0.29) is 25.6 Å². The lowest BCUT2D eigenvalue weighted by atomic mass is 9.99. The van der Waals surface area contributed by atoms with E-state index < -0.39 is 230 Å². The maximum absolute atomic E-state index is 9.44. The highest BCUT2D eigenvalue weighted by atomic mass is 32.1. The quantitative estimate of drug-likeness (QED) is 0.181. The van der Waals surface area contributed by atoms with Crippen molar-refractivity contribution < 1.29 is 40.1 Å². The minimum atomic E-state index is -1.01. The van der Waals surface area contributed by atoms with Gasteiger partial charge in [0.05, 0.1) is 35.6 Å². The summed E-state index contributed by atoms with van der Waals surface area (Å²) in [7, 11) is 0. The Kier molecular flexibility index (Phi) is 2.97. The fourth-order valence-electron chi connectivity index (χ4n) is 5.27. The fraction of sp³-hybridized carbons (Fsp3) is 0. The molecule has 234 valence electrons. The van der Waals surface area contributed by atoms with Crippen LogP contribution in [0.1, 0.15) is 35.6 Å². The van der Waals surface area contributed by atoms with Crippen LogP contribution in [0.2, 0.25) is 0 Å². The van der Waals surface area contributed by atoms with Crippen LogP contribution in [0, 0.1) is 0 Å². The summed E-state index contributed by atoms with van der Waals surface area (Å²) in [5.74, 6) is -2.37. The zero-order chi connectivity index (χ0) is 55.6. The molecule has 10 rings (SSSR count). The number of rotatable bonds is 5. The molecule has 50 heavy (non-hydrogen) atoms. The van der Waals surface area contributed by atoms with Crippen molar-refractivity contribution in [1.82, 2.24) is 15.0 Å². The van der Waals surface area contributed by atoms with Crippen LogP contribution in [0.3, 0.4) is 0 Å². The van der Waals surface area contributed by atoms with Crippen LogP contribution in [0.15, 0.2) is 168 Å². The monoisotopic (exact) mass is 683 g/mol. The van der Waals surface area contributed by atoms with Crippen molar-refractivity contribution in [1.29, 1.82) is 0 Å². The van der Waals surface area contributed by atoms with E-state index in [1.165, 1.54) is 0 Å². The molecule has 5 heteroatoms. The lowest BCUT2D eigenvalue weighted by molar-refractivity contribution is 0.669. The summed E-state index contributed by atoms with van der Waals surface area (Å²) in [6.45, 7) is 0. The van der Waals surface area contributed by atoms with Crippen LogP contribution in [-0.4, -0.2) is 15.0 Å². The normalized spacial score (nSPS) is 18.9. The number of aromatic nitrogens is 3. The third kappa shape index (κ3) is 4.79. The van der Waals surface area contributed by atoms with Gasteiger partial charge in [0.25, 0.3) is 0 Å². The summed E-state index contributed by atoms with van der Waals surface area (Å²) in [4.78, 5) is 13.4. The van der Waals surface area contributed by atoms with Crippen LogP contribution >= 0.6 is 11.3 Å². The molecule has 0 aliphatic heterocycles. The van der Waals surface area contributed by atoms with Crippen molar-refractivity contribution in [3.05, 3.63) is 163 Å². The van der Waals surface area contributed by atoms with Gasteiger partial charge in [-0.05, 0) is 52.5 Å². The molecule has 0 fully saturated rings. The number of benzene rings is 7. The number of thiophene rings is 1. The first-order valence-electron chi connectivity index (χ1n) is 27.5. The highest BCUT2D eigenvalue weighted by Gasteiger charge is 2.18. The first-order chi connectivity index (χ1) is 35.6. The largest absolute Gasteiger partial charge is 0.456 e. The molecule has 0 amide bonds. The van der Waals surface area contributed by atoms with E-state index in [1.807, 2.05) is 0 Å². The molecule has 10 aromatic rings. The second-order valence-corrected chi connectivity index (χ2v) is 11.4. The van der Waals surface area contributed by atoms with Gasteiger partial charge in [-0.25, -0.2) is 15.0 Å². The highest BCUT2D eigenvalue weighted by Crippen LogP contribution is 2.40. The Morgan fingerprint density at radius 1 is 0.420 bits per heavy atom. The van der Waals surface area contributed by atoms with Gasteiger partial charge >= 0.3 is 0 Å². The number of hydrogen-bond donors (Lipinski definition) is 0. The minimum Gasteiger partial charge on any atom is -0.456 e. The summed E-state index contributed by atoms with van der Waals surface area (Å²) < 4.78 is 234. The van der Waals surface area contributed by atoms with Crippen LogP contribution in [0.5, 0.6) is 0 Å². The Morgan fingerprint density at radius 3 is 1.96 bits per heavy atom. The van der Waals surface area contributed by atoms with E-state index in [9.17, 15) is 9.60 Å². The summed E-state index contributed by atoms with van der Waals surface area (Å²) in [6, 6.07) is -19.6. The molecule has 0 aliphatic rings. The Bertz CT molecular complexity index is 4350. The molecule has 0 radical (unpaired) electrons. The summed E-state index contributed by atoms with van der Waals surface area (Å²) in [5, 5.41) is -1.24. The SMILES string of the molecule is [2H]c1cc(-c2c([2H])c([2H])c([2H])c([2H])c2-c2nc(-c3c([2H])c([2H])c(-c4c([2H])c([2H])c5oc6c([2H])c([2H])c([2H])c([2H])c6c5c4[2H])c([2H])c3[2H])nc(-c3c([2H])c([2H])c([2H])c4c3sc3c([2H])c([2H])c([2H])c([2H])c34)n2)c([2H])c([2H])c1[2H]. The minimum absolute atomic E-state index is 0.122. The zero-order valence-corrected chi connectivity index (χ0v) is 25.6. The molecule has 0 aliphatic carbocycles. The van der Waals surface area contributed by atoms with Gasteiger partial charge in [-0.1, -0.05) is 133 Å². The van der Waals surface area contributed by atoms with E-state index in [1.54, 1.807) is 0 Å². The first kappa shape index (κ1) is 12.8. The first-order valence-corrected chi connectivity index (χ1v) is 15.3. The topological polar surface area (TPSA) is 51.8 Å². The van der Waals surface area contributed by atoms with Crippen molar-refractivity contribution in [2.24, 2.45) is 0 Å². The second kappa shape index (κ2) is 11.6. The van der Waals surface area contributed by atoms with Gasteiger partial charge in [-0.2, -0.15) is 0 Å². The average Bonchev–Trinajstić information content (AvgIpc) is 4.07. The van der Waals surface area contributed by atoms with Gasteiger partial charge in [0.1, 0.15) is 11.2 Å². The fourth-order valence-corrected chi connectivity index (χ4v) is 6.33. The third-order valence-corrected chi connectivity index (χ3v) is 8.63. The highest BCUT2D eigenvalue weighted by molar-refractivity contribution is 7.26. The maximum atomic E-state index is 9.44. The molecule has 3 aromatic heterocycles. The van der Waals surface area contributed by atoms with Crippen molar-refractivity contribution in [2.75, 3.05) is 0 Å². The van der Waals surface area contributed by atoms with Crippen molar-refractivity contribution in [2.45, 2.75) is 0 Å². The number of nitrogens with zero attached hydrogens (tertiary/aromatic N) is 3. The number of hydrogen-bond acceptors (Lipinski definition) is 5. The van der Waals surface area contributed by atoms with E-state index in [2.05, 4.69) is 15.0 Å². The van der Waals surface area contributed by atoms with Crippen LogP contribution < -0.4 is 0 Å². The van der Waals surface area contributed by atoms with Crippen molar-refractivity contribution in [3.8, 4) is 56.4 Å². The van der Waals surface area contributed by atoms with Gasteiger partial charge < -0.3 is 4.42 Å². The van der Waals surface area contributed by atoms with Crippen molar-refractivity contribution in [3.63, 3.8) is 0 Å². The van der Waals surface area contributed by atoms with E-state index >= 15 is 0 Å². The molecule has 3 heterocycles. The summed E-state index contributed by atoms with van der Waals surface area (Å²) >= 11 is 0.649. The molecular weight excluding hydrogens is 631 g/mol. The molecule has 0 saturated carbocycles. The Hall–Kier alpha value is -6.43. The number of para-hydroxylation sites is 1. The number of fused-ring (bicyclic) bond motifs is 6. The van der Waals surface area contributed by atoms with Gasteiger partial charge in [0, 0.05) is 47.6 Å². The molecule has 0 atom stereocenters. The van der Waals surface area contributed by atoms with Gasteiger partial charge in [0.2, 0.25) is 0 Å². The molecule has 0 bridgehead atoms. The second-order valence-electron chi connectivity index (χ2n) is 10.4. The molecule has 7 aromatic carbocycles. The van der Waals surface area contributed by atoms with E-state index in [4.69, 9.17) is 30.5 Å². The van der Waals surface area contributed by atoms with Crippen molar-refractivity contribution >= 4 is 53.4 Å². The zero-order valence-electron chi connectivity index (χ0n) is 50.7. The molecule has 0 N–H and O–H groups in total. The third-order valence-electron chi connectivity index (χ3n) is 7.51. The van der Waals surface area contributed by atoms with E-state index in [0.717, 1.165) is 6.07 Å². The lowest BCUT2D eigenvalue weighted by Crippen LogP contribution is -2.01. The van der Waals surface area contributed by atoms with Crippen LogP contribution in [0.25, 0.3) is 98.5 Å². The summed E-state index contributed by atoms with van der Waals surface area (Å²) in [5.41, 5.74) is -5.47. The molecule has 0 saturated heterocycles. The predicted molar refractivity (Wildman–Crippen MR) is 207 cm³/mol. The van der Waals surface area contributed by atoms with Gasteiger partial charge in [-0.15, -0.1) is 11.3 Å². The Morgan fingerprint density at radius 2 is 1.06 bits per heavy atom. The summed E-state index contributed by atoms with van der Waals surface area (Å²) in [6.07, 6.45) is 0. The van der Waals surface area contributed by atoms with Crippen LogP contribution in [0.4, 0.5) is 0 Å². The average molecular weight is 684 g/mol. The Labute approximate surface area is 328 Å². The predicted octanol–water partition coefficient (Wildman–Crippen LogP) is 12.5. The van der Waals surface area contributed by atoms with Gasteiger partial charge in [0.15, 0.2) is 17.5 Å². The van der Waals surface area contributed by atoms with E-state index in [0.29, 0.717) is 11.3 Å². The number of furan rings is 1. The maximum Gasteiger partial charge on any atom is 0.165 e. The van der Waals surface area contributed by atoms with Crippen LogP contribution in [-0.2, 0) is 0 Å². The smallest absolute Gasteiger partial charge is 0.165 e. The molecule has 4 nitrogen and oxygen atoms in total. The lowest BCUT2D eigenvalue weighted by Gasteiger charge is -2.12. The van der Waals surface area contributed by atoms with Gasteiger partial charge in [-0.3, -0.25) is 0 Å². The molecule has 0 spiro atoms. The Balaban J connectivity index is 1.35. The molecular formula is C45H27N3OS.